The number of fused-ring (bicyclic) bond motifs is 1. The lowest BCUT2D eigenvalue weighted by molar-refractivity contribution is -0.114. The second kappa shape index (κ2) is 7.09. The van der Waals surface area contributed by atoms with E-state index in [0.29, 0.717) is 5.52 Å². The fraction of sp³-hybridized carbons (Fsp3) is 0.111. The first kappa shape index (κ1) is 17.8. The van der Waals surface area contributed by atoms with Crippen molar-refractivity contribution in [3.05, 3.63) is 66.6 Å². The fourth-order valence-electron chi connectivity index (χ4n) is 2.55. The van der Waals surface area contributed by atoms with Crippen LogP contribution >= 0.6 is 0 Å². The Balaban J connectivity index is 1.95. The van der Waals surface area contributed by atoms with Gasteiger partial charge in [-0.25, -0.2) is 12.8 Å². The first-order valence-corrected chi connectivity index (χ1v) is 9.57. The van der Waals surface area contributed by atoms with E-state index in [1.807, 2.05) is 0 Å². The summed E-state index contributed by atoms with van der Waals surface area (Å²) in [6.45, 7) is -0.497. The summed E-state index contributed by atoms with van der Waals surface area (Å²) in [6.07, 6.45) is 2.55. The zero-order valence-electron chi connectivity index (χ0n) is 13.9. The van der Waals surface area contributed by atoms with Gasteiger partial charge >= 0.3 is 0 Å². The van der Waals surface area contributed by atoms with E-state index in [1.165, 1.54) is 18.2 Å². The highest BCUT2D eigenvalue weighted by molar-refractivity contribution is 7.92. The quantitative estimate of drug-likeness (QED) is 0.746. The second-order valence-electron chi connectivity index (χ2n) is 5.65. The standard InChI is InChI=1S/C18H16FN3O3S/c1-26(24,25)22(12-17(23)21-15-9-3-2-8-14(15)19)16-10-4-6-13-7-5-11-20-18(13)16/h2-11H,12H2,1H3,(H,21,23). The van der Waals surface area contributed by atoms with Crippen molar-refractivity contribution in [2.45, 2.75) is 0 Å². The molecule has 0 saturated heterocycles. The van der Waals surface area contributed by atoms with Gasteiger partial charge in [-0.15, -0.1) is 0 Å². The van der Waals surface area contributed by atoms with Gasteiger partial charge in [0.25, 0.3) is 0 Å². The van der Waals surface area contributed by atoms with Crippen LogP contribution < -0.4 is 9.62 Å². The number of carbonyl (C=O) groups excluding carboxylic acids is 1. The summed E-state index contributed by atoms with van der Waals surface area (Å²) in [4.78, 5) is 16.6. The molecule has 0 aliphatic carbocycles. The molecule has 1 amide bonds. The van der Waals surface area contributed by atoms with E-state index < -0.39 is 28.3 Å². The van der Waals surface area contributed by atoms with Crippen LogP contribution in [0.1, 0.15) is 0 Å². The van der Waals surface area contributed by atoms with Crippen LogP contribution in [0.15, 0.2) is 60.8 Å². The predicted molar refractivity (Wildman–Crippen MR) is 99.0 cm³/mol. The Morgan fingerprint density at radius 2 is 1.85 bits per heavy atom. The van der Waals surface area contributed by atoms with Gasteiger partial charge in [0.15, 0.2) is 0 Å². The molecule has 3 rings (SSSR count). The topological polar surface area (TPSA) is 79.4 Å². The molecule has 0 aliphatic heterocycles. The number of hydrogen-bond donors (Lipinski definition) is 1. The fourth-order valence-corrected chi connectivity index (χ4v) is 3.41. The number of carbonyl (C=O) groups is 1. The van der Waals surface area contributed by atoms with Crippen LogP contribution in [0.5, 0.6) is 0 Å². The van der Waals surface area contributed by atoms with Gasteiger partial charge in [0.05, 0.1) is 23.1 Å². The predicted octanol–water partition coefficient (Wildman–Crippen LogP) is 2.78. The van der Waals surface area contributed by atoms with Gasteiger partial charge in [-0.3, -0.25) is 14.1 Å². The van der Waals surface area contributed by atoms with Crippen molar-refractivity contribution in [3.8, 4) is 0 Å². The smallest absolute Gasteiger partial charge is 0.245 e. The average Bonchev–Trinajstić information content (AvgIpc) is 2.60. The van der Waals surface area contributed by atoms with E-state index in [4.69, 9.17) is 0 Å². The molecule has 2 aromatic carbocycles. The Labute approximate surface area is 150 Å². The number of benzene rings is 2. The average molecular weight is 373 g/mol. The number of sulfonamides is 1. The number of nitrogens with zero attached hydrogens (tertiary/aromatic N) is 2. The molecule has 0 radical (unpaired) electrons. The van der Waals surface area contributed by atoms with E-state index in [2.05, 4.69) is 10.3 Å². The molecule has 1 aromatic heterocycles. The number of hydrogen-bond acceptors (Lipinski definition) is 4. The summed E-state index contributed by atoms with van der Waals surface area (Å²) < 4.78 is 39.2. The molecule has 0 saturated carbocycles. The van der Waals surface area contributed by atoms with Crippen LogP contribution in [0.4, 0.5) is 15.8 Å². The maximum Gasteiger partial charge on any atom is 0.245 e. The number of para-hydroxylation sites is 2. The van der Waals surface area contributed by atoms with Crippen molar-refractivity contribution in [2.24, 2.45) is 0 Å². The highest BCUT2D eigenvalue weighted by atomic mass is 32.2. The number of aromatic nitrogens is 1. The van der Waals surface area contributed by atoms with Gasteiger partial charge in [0, 0.05) is 11.6 Å². The number of nitrogens with one attached hydrogen (secondary N) is 1. The molecule has 8 heteroatoms. The van der Waals surface area contributed by atoms with Crippen molar-refractivity contribution in [1.82, 2.24) is 4.98 Å². The normalized spacial score (nSPS) is 11.3. The van der Waals surface area contributed by atoms with Gasteiger partial charge in [-0.2, -0.15) is 0 Å². The summed E-state index contributed by atoms with van der Waals surface area (Å²) in [5.74, 6) is -1.26. The Kier molecular flexibility index (Phi) is 4.85. The summed E-state index contributed by atoms with van der Waals surface area (Å²) in [5.41, 5.74) is 0.732. The van der Waals surface area contributed by atoms with Crippen molar-refractivity contribution < 1.29 is 17.6 Å². The van der Waals surface area contributed by atoms with Gasteiger partial charge in [0.1, 0.15) is 12.4 Å². The SMILES string of the molecule is CS(=O)(=O)N(CC(=O)Nc1ccccc1F)c1cccc2cccnc12. The van der Waals surface area contributed by atoms with Crippen LogP contribution in [-0.4, -0.2) is 32.1 Å². The minimum Gasteiger partial charge on any atom is -0.322 e. The minimum absolute atomic E-state index is 0.0120. The van der Waals surface area contributed by atoms with Gasteiger partial charge in [-0.05, 0) is 24.3 Å². The Morgan fingerprint density at radius 1 is 1.12 bits per heavy atom. The van der Waals surface area contributed by atoms with E-state index in [9.17, 15) is 17.6 Å². The molecule has 1 heterocycles. The van der Waals surface area contributed by atoms with Crippen LogP contribution in [0.25, 0.3) is 10.9 Å². The zero-order chi connectivity index (χ0) is 18.7. The molecule has 0 bridgehead atoms. The van der Waals surface area contributed by atoms with Gasteiger partial charge < -0.3 is 5.32 Å². The maximum absolute atomic E-state index is 13.7. The van der Waals surface area contributed by atoms with Crippen LogP contribution in [-0.2, 0) is 14.8 Å². The third-order valence-corrected chi connectivity index (χ3v) is 4.84. The number of rotatable bonds is 5. The third kappa shape index (κ3) is 3.80. The number of pyridine rings is 1. The second-order valence-corrected chi connectivity index (χ2v) is 7.56. The first-order valence-electron chi connectivity index (χ1n) is 7.72. The van der Waals surface area contributed by atoms with E-state index >= 15 is 0 Å². The van der Waals surface area contributed by atoms with Crippen LogP contribution in [0.3, 0.4) is 0 Å². The molecule has 1 N–H and O–H groups in total. The molecule has 6 nitrogen and oxygen atoms in total. The lowest BCUT2D eigenvalue weighted by atomic mass is 10.2. The lowest BCUT2D eigenvalue weighted by Crippen LogP contribution is -2.37. The van der Waals surface area contributed by atoms with Gasteiger partial charge in [-0.1, -0.05) is 30.3 Å². The number of amides is 1. The highest BCUT2D eigenvalue weighted by Gasteiger charge is 2.23. The van der Waals surface area contributed by atoms with Crippen molar-refractivity contribution >= 4 is 38.2 Å². The molecule has 26 heavy (non-hydrogen) atoms. The van der Waals surface area contributed by atoms with E-state index in [1.54, 1.807) is 42.6 Å². The molecule has 0 aliphatic rings. The Hall–Kier alpha value is -3.00. The molecule has 3 aromatic rings. The summed E-state index contributed by atoms with van der Waals surface area (Å²) in [6, 6.07) is 14.3. The highest BCUT2D eigenvalue weighted by Crippen LogP contribution is 2.26. The first-order chi connectivity index (χ1) is 12.4. The maximum atomic E-state index is 13.7. The van der Waals surface area contributed by atoms with Crippen molar-refractivity contribution in [2.75, 3.05) is 22.4 Å². The monoisotopic (exact) mass is 373 g/mol. The third-order valence-electron chi connectivity index (χ3n) is 3.72. The molecule has 0 spiro atoms. The zero-order valence-corrected chi connectivity index (χ0v) is 14.7. The largest absolute Gasteiger partial charge is 0.322 e. The lowest BCUT2D eigenvalue weighted by Gasteiger charge is -2.23. The van der Waals surface area contributed by atoms with E-state index in [0.717, 1.165) is 15.9 Å². The summed E-state index contributed by atoms with van der Waals surface area (Å²) in [5, 5.41) is 3.13. The Bertz CT molecular complexity index is 1060. The molecular weight excluding hydrogens is 357 g/mol. The molecule has 0 unspecified atom stereocenters. The molecule has 0 fully saturated rings. The van der Waals surface area contributed by atoms with Crippen LogP contribution in [0.2, 0.25) is 0 Å². The summed E-state index contributed by atoms with van der Waals surface area (Å²) >= 11 is 0. The number of anilines is 2. The molecular formula is C18H16FN3O3S. The summed E-state index contributed by atoms with van der Waals surface area (Å²) in [7, 11) is -3.77. The van der Waals surface area contributed by atoms with Crippen LogP contribution in [0, 0.1) is 5.82 Å². The minimum atomic E-state index is -3.77. The van der Waals surface area contributed by atoms with E-state index in [-0.39, 0.29) is 11.4 Å². The van der Waals surface area contributed by atoms with Crippen molar-refractivity contribution in [1.29, 1.82) is 0 Å². The Morgan fingerprint density at radius 3 is 2.58 bits per heavy atom. The molecule has 0 atom stereocenters. The van der Waals surface area contributed by atoms with Crippen molar-refractivity contribution in [3.63, 3.8) is 0 Å². The van der Waals surface area contributed by atoms with Gasteiger partial charge in [0.2, 0.25) is 15.9 Å². The molecule has 134 valence electrons. The number of halogens is 1.